The Labute approximate surface area is 310 Å². The van der Waals surface area contributed by atoms with Crippen molar-refractivity contribution >= 4 is 43.2 Å². The number of carbonyl (C=O) groups is 3. The van der Waals surface area contributed by atoms with E-state index in [1.807, 2.05) is 62.6 Å². The molecule has 1 saturated heterocycles. The van der Waals surface area contributed by atoms with E-state index in [-0.39, 0.29) is 42.3 Å². The Hall–Kier alpha value is -4.89. The molecule has 14 heteroatoms. The number of nitrogens with two attached hydrogens (primary N) is 1. The lowest BCUT2D eigenvalue weighted by Crippen LogP contribution is -2.46. The molecule has 1 unspecified atom stereocenters. The third-order valence-corrected chi connectivity index (χ3v) is 13.1. The van der Waals surface area contributed by atoms with Crippen molar-refractivity contribution in [1.29, 1.82) is 0 Å². The molecule has 2 aliphatic heterocycles. The molecule has 0 bridgehead atoms. The molecule has 13 nitrogen and oxygen atoms in total. The molecule has 280 valence electrons. The van der Waals surface area contributed by atoms with Crippen LogP contribution in [0.15, 0.2) is 79.0 Å². The van der Waals surface area contributed by atoms with Crippen molar-refractivity contribution in [3.63, 3.8) is 0 Å². The SMILES string of the molecule is COC(=O)CCCCN1C(=O)[C@]2(O[C@H](CCn3cc(C(CO)c4ccccc4)nn3)[C@@H]([Si](C)(C)O)[C@@H]2C)c2cc(NC(=O)c3ccc(N)cc3)ccc21. The topological polar surface area (TPSA) is 182 Å². The van der Waals surface area contributed by atoms with Gasteiger partial charge in [0, 0.05) is 59.7 Å². The first-order chi connectivity index (χ1) is 25.4. The monoisotopic (exact) mass is 740 g/mol. The quantitative estimate of drug-likeness (QED) is 0.0606. The van der Waals surface area contributed by atoms with Crippen LogP contribution in [0.3, 0.4) is 0 Å². The molecular formula is C39H48N6O7Si. The molecule has 53 heavy (non-hydrogen) atoms. The lowest BCUT2D eigenvalue weighted by Gasteiger charge is -2.32. The Bertz CT molecular complexity index is 1930. The highest BCUT2D eigenvalue weighted by molar-refractivity contribution is 6.71. The minimum absolute atomic E-state index is 0.121. The summed E-state index contributed by atoms with van der Waals surface area (Å²) < 4.78 is 13.5. The summed E-state index contributed by atoms with van der Waals surface area (Å²) in [5, 5.41) is 21.9. The first kappa shape index (κ1) is 37.9. The summed E-state index contributed by atoms with van der Waals surface area (Å²) >= 11 is 0. The number of anilines is 3. The number of aryl methyl sites for hydroxylation is 1. The molecular weight excluding hydrogens is 693 g/mol. The Morgan fingerprint density at radius 2 is 1.81 bits per heavy atom. The van der Waals surface area contributed by atoms with Gasteiger partial charge in [-0.15, -0.1) is 5.10 Å². The van der Waals surface area contributed by atoms with Crippen LogP contribution in [0.2, 0.25) is 18.6 Å². The summed E-state index contributed by atoms with van der Waals surface area (Å²) in [6.45, 7) is 6.35. The predicted octanol–water partition coefficient (Wildman–Crippen LogP) is 4.81. The number of aliphatic hydroxyl groups excluding tert-OH is 1. The molecule has 0 aliphatic carbocycles. The number of benzene rings is 3. The number of hydrogen-bond donors (Lipinski definition) is 4. The number of methoxy groups -OCH3 is 1. The van der Waals surface area contributed by atoms with Gasteiger partial charge in [-0.3, -0.25) is 19.1 Å². The number of carbonyl (C=O) groups excluding carboxylic acids is 3. The normalized spacial score (nSPS) is 21.5. The number of nitrogen functional groups attached to an aromatic ring is 1. The number of hydrogen-bond acceptors (Lipinski definition) is 10. The minimum atomic E-state index is -2.96. The average molecular weight is 741 g/mol. The van der Waals surface area contributed by atoms with Gasteiger partial charge in [0.2, 0.25) is 0 Å². The van der Waals surface area contributed by atoms with Crippen molar-refractivity contribution in [3.05, 3.63) is 101 Å². The lowest BCUT2D eigenvalue weighted by molar-refractivity contribution is -0.146. The molecule has 3 heterocycles. The van der Waals surface area contributed by atoms with Gasteiger partial charge >= 0.3 is 5.97 Å². The molecule has 1 aromatic heterocycles. The number of nitrogens with one attached hydrogen (secondary N) is 1. The van der Waals surface area contributed by atoms with Crippen LogP contribution in [0.25, 0.3) is 0 Å². The van der Waals surface area contributed by atoms with Gasteiger partial charge in [0.05, 0.1) is 37.1 Å². The maximum atomic E-state index is 14.8. The molecule has 4 aromatic rings. The summed E-state index contributed by atoms with van der Waals surface area (Å²) in [4.78, 5) is 53.3. The first-order valence-electron chi connectivity index (χ1n) is 18.0. The third-order valence-electron chi connectivity index (χ3n) is 10.6. The maximum absolute atomic E-state index is 14.8. The van der Waals surface area contributed by atoms with Crippen molar-refractivity contribution in [2.75, 3.05) is 36.2 Å². The van der Waals surface area contributed by atoms with E-state index in [2.05, 4.69) is 15.6 Å². The highest BCUT2D eigenvalue weighted by Gasteiger charge is 2.66. The smallest absolute Gasteiger partial charge is 0.305 e. The van der Waals surface area contributed by atoms with E-state index in [0.29, 0.717) is 66.2 Å². The van der Waals surface area contributed by atoms with E-state index in [9.17, 15) is 24.3 Å². The van der Waals surface area contributed by atoms with Crippen molar-refractivity contribution in [2.24, 2.45) is 5.92 Å². The summed E-state index contributed by atoms with van der Waals surface area (Å²) in [5.74, 6) is -1.62. The van der Waals surface area contributed by atoms with Crippen molar-refractivity contribution < 1.29 is 33.8 Å². The molecule has 5 atom stereocenters. The average Bonchev–Trinajstić information content (AvgIpc) is 3.80. The van der Waals surface area contributed by atoms with Gasteiger partial charge in [-0.2, -0.15) is 0 Å². The van der Waals surface area contributed by atoms with Crippen LogP contribution >= 0.6 is 0 Å². The molecule has 5 N–H and O–H groups in total. The second-order valence-electron chi connectivity index (χ2n) is 14.5. The number of rotatable bonds is 14. The van der Waals surface area contributed by atoms with Crippen molar-refractivity contribution in [3.8, 4) is 0 Å². The second-order valence-corrected chi connectivity index (χ2v) is 18.5. The molecule has 1 spiro atoms. The highest BCUT2D eigenvalue weighted by atomic mass is 28.4. The number of fused-ring (bicyclic) bond motifs is 2. The van der Waals surface area contributed by atoms with Gasteiger partial charge in [0.1, 0.15) is 0 Å². The molecule has 3 aromatic carbocycles. The molecule has 0 saturated carbocycles. The Balaban J connectivity index is 1.30. The third kappa shape index (κ3) is 7.63. The van der Waals surface area contributed by atoms with Gasteiger partial charge < -0.3 is 35.3 Å². The van der Waals surface area contributed by atoms with Crippen LogP contribution in [0.1, 0.15) is 65.7 Å². The van der Waals surface area contributed by atoms with Crippen LogP contribution in [-0.2, 0) is 31.2 Å². The van der Waals surface area contributed by atoms with E-state index in [0.717, 1.165) is 5.56 Å². The van der Waals surface area contributed by atoms with Crippen LogP contribution in [0.5, 0.6) is 0 Å². The van der Waals surface area contributed by atoms with Gasteiger partial charge in [0.15, 0.2) is 13.9 Å². The van der Waals surface area contributed by atoms with Gasteiger partial charge in [0.25, 0.3) is 11.8 Å². The number of nitrogens with zero attached hydrogens (tertiary/aromatic N) is 4. The fraction of sp³-hybridized carbons (Fsp3) is 0.410. The number of aromatic nitrogens is 3. The van der Waals surface area contributed by atoms with E-state index in [1.54, 1.807) is 46.0 Å². The summed E-state index contributed by atoms with van der Waals surface area (Å²) in [5.41, 5.74) is 8.40. The maximum Gasteiger partial charge on any atom is 0.305 e. The molecule has 6 rings (SSSR count). The van der Waals surface area contributed by atoms with Crippen molar-refractivity contribution in [1.82, 2.24) is 15.0 Å². The lowest BCUT2D eigenvalue weighted by atomic mass is 9.82. The van der Waals surface area contributed by atoms with Crippen LogP contribution in [0.4, 0.5) is 17.1 Å². The van der Waals surface area contributed by atoms with Crippen LogP contribution in [0, 0.1) is 5.92 Å². The zero-order valence-electron chi connectivity index (χ0n) is 30.6. The minimum Gasteiger partial charge on any atom is -0.469 e. The fourth-order valence-electron chi connectivity index (χ4n) is 8.02. The number of ether oxygens (including phenoxy) is 2. The predicted molar refractivity (Wildman–Crippen MR) is 203 cm³/mol. The van der Waals surface area contributed by atoms with E-state index >= 15 is 0 Å². The van der Waals surface area contributed by atoms with Crippen LogP contribution in [-0.4, -0.2) is 77.4 Å². The second kappa shape index (κ2) is 15.6. The Morgan fingerprint density at radius 3 is 2.49 bits per heavy atom. The zero-order chi connectivity index (χ0) is 37.9. The molecule has 0 radical (unpaired) electrons. The molecule has 2 amide bonds. The van der Waals surface area contributed by atoms with Crippen molar-refractivity contribution in [2.45, 2.75) is 75.4 Å². The number of unbranched alkanes of at least 4 members (excludes halogenated alkanes) is 1. The van der Waals surface area contributed by atoms with E-state index in [1.165, 1.54) is 7.11 Å². The largest absolute Gasteiger partial charge is 0.469 e. The summed E-state index contributed by atoms with van der Waals surface area (Å²) in [6, 6.07) is 21.6. The van der Waals surface area contributed by atoms with Crippen LogP contribution < -0.4 is 16.0 Å². The standard InChI is InChI=1S/C39H48N6O7Si/c1-25-36(53(3,4)50)34(19-21-44-23-32(42-43-44)30(24-46)26-10-6-5-7-11-26)52-39(25)31-22-29(41-37(48)27-13-15-28(40)16-14-27)17-18-33(31)45(38(39)49)20-9-8-12-35(47)51-2/h5-7,10-11,13-18,22-23,25,30,34,36,46,50H,8-9,12,19-21,24,40H2,1-4H3,(H,41,48)/t25-,30?,34+,36-,39+/m0/s1. The fourth-order valence-corrected chi connectivity index (χ4v) is 10.6. The number of esters is 1. The number of amides is 2. The van der Waals surface area contributed by atoms with Gasteiger partial charge in [-0.1, -0.05) is 42.5 Å². The Morgan fingerprint density at radius 1 is 1.08 bits per heavy atom. The Kier molecular flexibility index (Phi) is 11.1. The zero-order valence-corrected chi connectivity index (χ0v) is 31.6. The summed E-state index contributed by atoms with van der Waals surface area (Å²) in [7, 11) is -1.61. The first-order valence-corrected chi connectivity index (χ1v) is 21.1. The molecule has 2 aliphatic rings. The van der Waals surface area contributed by atoms with Gasteiger partial charge in [-0.05, 0) is 80.4 Å². The highest BCUT2D eigenvalue weighted by Crippen LogP contribution is 2.60. The van der Waals surface area contributed by atoms with E-state index < -0.39 is 25.9 Å². The van der Waals surface area contributed by atoms with E-state index in [4.69, 9.17) is 15.2 Å². The summed E-state index contributed by atoms with van der Waals surface area (Å²) in [6.07, 6.45) is 3.09. The van der Waals surface area contributed by atoms with Gasteiger partial charge in [-0.25, -0.2) is 0 Å². The molecule has 1 fully saturated rings. The number of aliphatic hydroxyl groups is 1.